The predicted molar refractivity (Wildman–Crippen MR) is 63.3 cm³/mol. The summed E-state index contributed by atoms with van der Waals surface area (Å²) in [5, 5.41) is 9.85. The molecule has 0 fully saturated rings. The summed E-state index contributed by atoms with van der Waals surface area (Å²) in [5.41, 5.74) is 1.46. The van der Waals surface area contributed by atoms with E-state index in [0.717, 1.165) is 10.9 Å². The van der Waals surface area contributed by atoms with Gasteiger partial charge in [0.15, 0.2) is 0 Å². The molecular formula is C13H12N2O2. The molecule has 2 rings (SSSR count). The van der Waals surface area contributed by atoms with Gasteiger partial charge >= 0.3 is 5.97 Å². The van der Waals surface area contributed by atoms with Gasteiger partial charge in [-0.05, 0) is 30.5 Å². The van der Waals surface area contributed by atoms with E-state index in [4.69, 9.17) is 10.00 Å². The Balaban J connectivity index is 2.35. The van der Waals surface area contributed by atoms with Gasteiger partial charge in [-0.2, -0.15) is 5.26 Å². The van der Waals surface area contributed by atoms with Gasteiger partial charge in [0.25, 0.3) is 0 Å². The fourth-order valence-corrected chi connectivity index (χ4v) is 1.74. The van der Waals surface area contributed by atoms with Crippen molar-refractivity contribution in [2.75, 3.05) is 6.61 Å². The molecule has 86 valence electrons. The molecule has 1 aromatic heterocycles. The van der Waals surface area contributed by atoms with Gasteiger partial charge in [0.1, 0.15) is 6.54 Å². The van der Waals surface area contributed by atoms with E-state index in [1.54, 1.807) is 23.6 Å². The molecule has 0 unspecified atom stereocenters. The van der Waals surface area contributed by atoms with Crippen LogP contribution in [0.15, 0.2) is 30.5 Å². The lowest BCUT2D eigenvalue weighted by molar-refractivity contribution is -0.143. The van der Waals surface area contributed by atoms with Crippen LogP contribution in [0.2, 0.25) is 0 Å². The standard InChI is InChI=1S/C13H12N2O2/c1-2-17-13(16)9-15-6-5-11-4-3-10(8-14)7-12(11)15/h3-7H,2,9H2,1H3. The molecule has 0 spiro atoms. The van der Waals surface area contributed by atoms with E-state index in [-0.39, 0.29) is 12.5 Å². The molecule has 4 heteroatoms. The van der Waals surface area contributed by atoms with E-state index < -0.39 is 0 Å². The van der Waals surface area contributed by atoms with Crippen LogP contribution in [0.25, 0.3) is 10.9 Å². The number of hydrogen-bond donors (Lipinski definition) is 0. The summed E-state index contributed by atoms with van der Waals surface area (Å²) in [6, 6.07) is 9.40. The number of esters is 1. The Bertz CT molecular complexity index is 593. The van der Waals surface area contributed by atoms with Crippen molar-refractivity contribution in [1.82, 2.24) is 4.57 Å². The number of benzene rings is 1. The molecule has 0 radical (unpaired) electrons. The van der Waals surface area contributed by atoms with E-state index in [9.17, 15) is 4.79 Å². The summed E-state index contributed by atoms with van der Waals surface area (Å²) in [4.78, 5) is 11.4. The number of hydrogen-bond acceptors (Lipinski definition) is 3. The first-order chi connectivity index (χ1) is 8.24. The van der Waals surface area contributed by atoms with Crippen LogP contribution in [0.4, 0.5) is 0 Å². The molecule has 4 nitrogen and oxygen atoms in total. The Morgan fingerprint density at radius 2 is 2.29 bits per heavy atom. The molecule has 0 amide bonds. The minimum atomic E-state index is -0.271. The summed E-state index contributed by atoms with van der Waals surface area (Å²) in [7, 11) is 0. The number of nitrogens with zero attached hydrogens (tertiary/aromatic N) is 2. The first kappa shape index (κ1) is 11.2. The van der Waals surface area contributed by atoms with E-state index >= 15 is 0 Å². The van der Waals surface area contributed by atoms with Crippen molar-refractivity contribution in [2.24, 2.45) is 0 Å². The third kappa shape index (κ3) is 2.28. The lowest BCUT2D eigenvalue weighted by Crippen LogP contribution is -2.12. The molecule has 0 bridgehead atoms. The largest absolute Gasteiger partial charge is 0.465 e. The summed E-state index contributed by atoms with van der Waals surface area (Å²) in [6.07, 6.45) is 1.82. The summed E-state index contributed by atoms with van der Waals surface area (Å²) < 4.78 is 6.68. The van der Waals surface area contributed by atoms with Crippen LogP contribution in [0.1, 0.15) is 12.5 Å². The normalized spacial score (nSPS) is 10.1. The van der Waals surface area contributed by atoms with Crippen LogP contribution in [-0.4, -0.2) is 17.1 Å². The molecule has 1 heterocycles. The first-order valence-electron chi connectivity index (χ1n) is 5.39. The van der Waals surface area contributed by atoms with Crippen LogP contribution >= 0.6 is 0 Å². The highest BCUT2D eigenvalue weighted by molar-refractivity contribution is 5.83. The molecule has 1 aromatic carbocycles. The van der Waals surface area contributed by atoms with E-state index in [0.29, 0.717) is 12.2 Å². The highest BCUT2D eigenvalue weighted by atomic mass is 16.5. The molecule has 2 aromatic rings. The molecule has 0 saturated heterocycles. The Kier molecular flexibility index (Phi) is 3.10. The van der Waals surface area contributed by atoms with Crippen LogP contribution in [-0.2, 0) is 16.1 Å². The van der Waals surface area contributed by atoms with E-state index in [1.165, 1.54) is 0 Å². The fraction of sp³-hybridized carbons (Fsp3) is 0.231. The van der Waals surface area contributed by atoms with Crippen LogP contribution in [0.5, 0.6) is 0 Å². The van der Waals surface area contributed by atoms with Gasteiger partial charge in [-0.25, -0.2) is 0 Å². The molecule has 17 heavy (non-hydrogen) atoms. The average Bonchev–Trinajstić information content (AvgIpc) is 2.72. The minimum Gasteiger partial charge on any atom is -0.465 e. The SMILES string of the molecule is CCOC(=O)Cn1ccc2ccc(C#N)cc21. The van der Waals surface area contributed by atoms with Crippen molar-refractivity contribution in [2.45, 2.75) is 13.5 Å². The molecular weight excluding hydrogens is 216 g/mol. The second-order valence-electron chi connectivity index (χ2n) is 3.63. The quantitative estimate of drug-likeness (QED) is 0.756. The molecule has 0 aliphatic carbocycles. The number of fused-ring (bicyclic) bond motifs is 1. The second kappa shape index (κ2) is 4.71. The average molecular weight is 228 g/mol. The number of nitriles is 1. The van der Waals surface area contributed by atoms with Gasteiger partial charge < -0.3 is 9.30 Å². The fourth-order valence-electron chi connectivity index (χ4n) is 1.74. The van der Waals surface area contributed by atoms with Crippen LogP contribution in [0.3, 0.4) is 0 Å². The highest BCUT2D eigenvalue weighted by Gasteiger charge is 2.07. The molecule has 0 atom stereocenters. The van der Waals surface area contributed by atoms with Gasteiger partial charge in [-0.1, -0.05) is 6.07 Å². The summed E-state index contributed by atoms with van der Waals surface area (Å²) in [5.74, 6) is -0.271. The number of ether oxygens (including phenoxy) is 1. The van der Waals surface area contributed by atoms with Crippen molar-refractivity contribution in [3.63, 3.8) is 0 Å². The summed E-state index contributed by atoms with van der Waals surface area (Å²) >= 11 is 0. The van der Waals surface area contributed by atoms with Gasteiger partial charge in [0, 0.05) is 11.7 Å². The van der Waals surface area contributed by atoms with Crippen LogP contribution in [0, 0.1) is 11.3 Å². The van der Waals surface area contributed by atoms with Crippen molar-refractivity contribution in [1.29, 1.82) is 5.26 Å². The van der Waals surface area contributed by atoms with Crippen molar-refractivity contribution in [3.8, 4) is 6.07 Å². The number of carbonyl (C=O) groups is 1. The minimum absolute atomic E-state index is 0.173. The van der Waals surface area contributed by atoms with Crippen molar-refractivity contribution < 1.29 is 9.53 Å². The third-order valence-corrected chi connectivity index (χ3v) is 2.51. The maximum Gasteiger partial charge on any atom is 0.325 e. The van der Waals surface area contributed by atoms with Crippen LogP contribution < -0.4 is 0 Å². The van der Waals surface area contributed by atoms with Crippen molar-refractivity contribution >= 4 is 16.9 Å². The maximum absolute atomic E-state index is 11.4. The zero-order valence-corrected chi connectivity index (χ0v) is 9.51. The van der Waals surface area contributed by atoms with Gasteiger partial charge in [-0.3, -0.25) is 4.79 Å². The topological polar surface area (TPSA) is 55.0 Å². The van der Waals surface area contributed by atoms with E-state index in [1.807, 2.05) is 18.3 Å². The lowest BCUT2D eigenvalue weighted by Gasteiger charge is -2.05. The maximum atomic E-state index is 11.4. The lowest BCUT2D eigenvalue weighted by atomic mass is 10.2. The second-order valence-corrected chi connectivity index (χ2v) is 3.63. The monoisotopic (exact) mass is 228 g/mol. The molecule has 0 aliphatic rings. The Morgan fingerprint density at radius 3 is 3.00 bits per heavy atom. The Hall–Kier alpha value is -2.28. The molecule has 0 aliphatic heterocycles. The zero-order chi connectivity index (χ0) is 12.3. The summed E-state index contributed by atoms with van der Waals surface area (Å²) in [6.45, 7) is 2.33. The Labute approximate surface area is 99.0 Å². The highest BCUT2D eigenvalue weighted by Crippen LogP contribution is 2.17. The smallest absolute Gasteiger partial charge is 0.325 e. The molecule has 0 saturated carbocycles. The third-order valence-electron chi connectivity index (χ3n) is 2.51. The Morgan fingerprint density at radius 1 is 1.47 bits per heavy atom. The van der Waals surface area contributed by atoms with Gasteiger partial charge in [-0.15, -0.1) is 0 Å². The number of aromatic nitrogens is 1. The predicted octanol–water partition coefficient (Wildman–Crippen LogP) is 2.08. The van der Waals surface area contributed by atoms with Gasteiger partial charge in [0.2, 0.25) is 0 Å². The number of carbonyl (C=O) groups excluding carboxylic acids is 1. The number of rotatable bonds is 3. The first-order valence-corrected chi connectivity index (χ1v) is 5.39. The van der Waals surface area contributed by atoms with Gasteiger partial charge in [0.05, 0.1) is 18.2 Å². The molecule has 0 N–H and O–H groups in total. The zero-order valence-electron chi connectivity index (χ0n) is 9.51. The van der Waals surface area contributed by atoms with E-state index in [2.05, 4.69) is 6.07 Å². The van der Waals surface area contributed by atoms with Crippen molar-refractivity contribution in [3.05, 3.63) is 36.0 Å².